The van der Waals surface area contributed by atoms with Crippen LogP contribution < -0.4 is 5.32 Å². The van der Waals surface area contributed by atoms with Gasteiger partial charge in [0.1, 0.15) is 6.04 Å². The number of hydrogen-bond acceptors (Lipinski definition) is 3. The molecular formula is C21H33NO3. The van der Waals surface area contributed by atoms with E-state index in [1.165, 1.54) is 38.5 Å². The number of ketones is 1. The molecule has 0 amide bonds. The molecule has 0 aliphatic heterocycles. The predicted molar refractivity (Wildman–Crippen MR) is 102 cm³/mol. The van der Waals surface area contributed by atoms with E-state index >= 15 is 0 Å². The highest BCUT2D eigenvalue weighted by Gasteiger charge is 2.21. The van der Waals surface area contributed by atoms with Gasteiger partial charge in [-0.25, -0.2) is 0 Å². The molecule has 0 bridgehead atoms. The van der Waals surface area contributed by atoms with Crippen molar-refractivity contribution in [3.8, 4) is 0 Å². The second-order valence-corrected chi connectivity index (χ2v) is 6.81. The fourth-order valence-electron chi connectivity index (χ4n) is 2.82. The summed E-state index contributed by atoms with van der Waals surface area (Å²) in [6.45, 7) is 4.82. The summed E-state index contributed by atoms with van der Waals surface area (Å²) in [6, 6.07) is 6.45. The standard InChI is InChI=1S/C21H33NO3/c1-3-4-5-6-7-8-9-10-15-22-19(21(24)25)16-20(23)18-13-11-17(2)12-14-18/h11-14,19,22H,3-10,15-16H2,1-2H3,(H,24,25). The topological polar surface area (TPSA) is 66.4 Å². The number of Topliss-reactive ketones (excluding diaryl/α,β-unsaturated/α-hetero) is 1. The molecule has 4 heteroatoms. The van der Waals surface area contributed by atoms with Crippen molar-refractivity contribution in [1.82, 2.24) is 5.32 Å². The predicted octanol–water partition coefficient (Wildman–Crippen LogP) is 4.75. The van der Waals surface area contributed by atoms with E-state index in [4.69, 9.17) is 0 Å². The highest BCUT2D eigenvalue weighted by atomic mass is 16.4. The number of rotatable bonds is 14. The molecule has 1 unspecified atom stereocenters. The number of benzene rings is 1. The van der Waals surface area contributed by atoms with Crippen molar-refractivity contribution in [1.29, 1.82) is 0 Å². The Hall–Kier alpha value is -1.68. The summed E-state index contributed by atoms with van der Waals surface area (Å²) in [7, 11) is 0. The number of hydrogen-bond donors (Lipinski definition) is 2. The maximum absolute atomic E-state index is 12.2. The molecule has 1 atom stereocenters. The lowest BCUT2D eigenvalue weighted by Crippen LogP contribution is -2.39. The molecule has 0 saturated heterocycles. The van der Waals surface area contributed by atoms with Gasteiger partial charge in [0.05, 0.1) is 0 Å². The minimum Gasteiger partial charge on any atom is -0.480 e. The van der Waals surface area contributed by atoms with Crippen molar-refractivity contribution < 1.29 is 14.7 Å². The maximum atomic E-state index is 12.2. The zero-order chi connectivity index (χ0) is 18.5. The van der Waals surface area contributed by atoms with Crippen LogP contribution in [0.1, 0.15) is 80.6 Å². The van der Waals surface area contributed by atoms with Gasteiger partial charge in [-0.05, 0) is 19.9 Å². The van der Waals surface area contributed by atoms with Crippen LogP contribution in [0.25, 0.3) is 0 Å². The second-order valence-electron chi connectivity index (χ2n) is 6.81. The summed E-state index contributed by atoms with van der Waals surface area (Å²) in [5.41, 5.74) is 1.66. The molecule has 1 aromatic carbocycles. The Kier molecular flexibility index (Phi) is 10.8. The lowest BCUT2D eigenvalue weighted by molar-refractivity contribution is -0.139. The van der Waals surface area contributed by atoms with E-state index in [0.29, 0.717) is 12.1 Å². The first-order valence-electron chi connectivity index (χ1n) is 9.60. The molecule has 0 heterocycles. The molecule has 1 rings (SSSR count). The smallest absolute Gasteiger partial charge is 0.321 e. The minimum absolute atomic E-state index is 0.00455. The lowest BCUT2D eigenvalue weighted by Gasteiger charge is -2.14. The monoisotopic (exact) mass is 347 g/mol. The molecule has 0 aliphatic rings. The third-order valence-corrected chi connectivity index (χ3v) is 4.48. The molecular weight excluding hydrogens is 314 g/mol. The highest BCUT2D eigenvalue weighted by molar-refractivity contribution is 5.98. The van der Waals surface area contributed by atoms with Gasteiger partial charge in [-0.15, -0.1) is 0 Å². The summed E-state index contributed by atoms with van der Waals surface area (Å²) in [5.74, 6) is -1.09. The van der Waals surface area contributed by atoms with Crippen LogP contribution in [0.4, 0.5) is 0 Å². The number of carboxylic acid groups (broad SMARTS) is 1. The lowest BCUT2D eigenvalue weighted by atomic mass is 10.0. The van der Waals surface area contributed by atoms with Crippen molar-refractivity contribution in [2.24, 2.45) is 0 Å². The van der Waals surface area contributed by atoms with Gasteiger partial charge < -0.3 is 10.4 Å². The van der Waals surface area contributed by atoms with Crippen LogP contribution in [0.5, 0.6) is 0 Å². The largest absolute Gasteiger partial charge is 0.480 e. The van der Waals surface area contributed by atoms with E-state index in [0.717, 1.165) is 18.4 Å². The van der Waals surface area contributed by atoms with Crippen LogP contribution in [0, 0.1) is 6.92 Å². The van der Waals surface area contributed by atoms with Gasteiger partial charge in [0.2, 0.25) is 0 Å². The van der Waals surface area contributed by atoms with Gasteiger partial charge in [0, 0.05) is 12.0 Å². The molecule has 0 saturated carbocycles. The molecule has 25 heavy (non-hydrogen) atoms. The maximum Gasteiger partial charge on any atom is 0.321 e. The van der Waals surface area contributed by atoms with Crippen LogP contribution in [0.3, 0.4) is 0 Å². The van der Waals surface area contributed by atoms with E-state index in [1.54, 1.807) is 12.1 Å². The first-order valence-corrected chi connectivity index (χ1v) is 9.60. The molecule has 0 aliphatic carbocycles. The van der Waals surface area contributed by atoms with Crippen molar-refractivity contribution in [2.75, 3.05) is 6.54 Å². The van der Waals surface area contributed by atoms with Gasteiger partial charge in [0.25, 0.3) is 0 Å². The molecule has 2 N–H and O–H groups in total. The molecule has 0 radical (unpaired) electrons. The van der Waals surface area contributed by atoms with Crippen LogP contribution in [0.2, 0.25) is 0 Å². The van der Waals surface area contributed by atoms with E-state index in [-0.39, 0.29) is 12.2 Å². The van der Waals surface area contributed by atoms with Crippen molar-refractivity contribution in [3.63, 3.8) is 0 Å². The number of aryl methyl sites for hydroxylation is 1. The quantitative estimate of drug-likeness (QED) is 0.376. The fourth-order valence-corrected chi connectivity index (χ4v) is 2.82. The van der Waals surface area contributed by atoms with Crippen LogP contribution in [-0.2, 0) is 4.79 Å². The number of unbranched alkanes of at least 4 members (excludes halogenated alkanes) is 7. The SMILES string of the molecule is CCCCCCCCCCNC(CC(=O)c1ccc(C)cc1)C(=O)O. The van der Waals surface area contributed by atoms with Crippen molar-refractivity contribution >= 4 is 11.8 Å². The fraction of sp³-hybridized carbons (Fsp3) is 0.619. The second kappa shape index (κ2) is 12.6. The Labute approximate surface area is 152 Å². The summed E-state index contributed by atoms with van der Waals surface area (Å²) in [6.07, 6.45) is 9.71. The van der Waals surface area contributed by atoms with Crippen LogP contribution in [0.15, 0.2) is 24.3 Å². The average molecular weight is 347 g/mol. The van der Waals surface area contributed by atoms with E-state index < -0.39 is 12.0 Å². The van der Waals surface area contributed by atoms with Gasteiger partial charge >= 0.3 is 5.97 Å². The third-order valence-electron chi connectivity index (χ3n) is 4.48. The molecule has 0 spiro atoms. The molecule has 4 nitrogen and oxygen atoms in total. The third kappa shape index (κ3) is 9.40. The molecule has 0 fully saturated rings. The summed E-state index contributed by atoms with van der Waals surface area (Å²) in [5, 5.41) is 12.3. The van der Waals surface area contributed by atoms with Gasteiger partial charge in [-0.2, -0.15) is 0 Å². The first-order chi connectivity index (χ1) is 12.0. The highest BCUT2D eigenvalue weighted by Crippen LogP contribution is 2.10. The molecule has 0 aromatic heterocycles. The summed E-state index contributed by atoms with van der Waals surface area (Å²) < 4.78 is 0. The number of carbonyl (C=O) groups is 2. The van der Waals surface area contributed by atoms with E-state index in [9.17, 15) is 14.7 Å². The molecule has 1 aromatic rings. The normalized spacial score (nSPS) is 12.1. The number of carboxylic acids is 1. The zero-order valence-corrected chi connectivity index (χ0v) is 15.7. The summed E-state index contributed by atoms with van der Waals surface area (Å²) in [4.78, 5) is 23.6. The van der Waals surface area contributed by atoms with Crippen molar-refractivity contribution in [2.45, 2.75) is 77.7 Å². The summed E-state index contributed by atoms with van der Waals surface area (Å²) >= 11 is 0. The zero-order valence-electron chi connectivity index (χ0n) is 15.7. The number of carbonyl (C=O) groups excluding carboxylic acids is 1. The van der Waals surface area contributed by atoms with Crippen LogP contribution in [-0.4, -0.2) is 29.4 Å². The Morgan fingerprint density at radius 1 is 0.960 bits per heavy atom. The van der Waals surface area contributed by atoms with Crippen molar-refractivity contribution in [3.05, 3.63) is 35.4 Å². The Morgan fingerprint density at radius 2 is 1.52 bits per heavy atom. The Morgan fingerprint density at radius 3 is 2.08 bits per heavy atom. The van der Waals surface area contributed by atoms with Gasteiger partial charge in [0.15, 0.2) is 5.78 Å². The van der Waals surface area contributed by atoms with Crippen LogP contribution >= 0.6 is 0 Å². The number of aliphatic carboxylic acids is 1. The van der Waals surface area contributed by atoms with Gasteiger partial charge in [-0.1, -0.05) is 81.7 Å². The first kappa shape index (κ1) is 21.4. The Balaban J connectivity index is 2.25. The van der Waals surface area contributed by atoms with E-state index in [2.05, 4.69) is 12.2 Å². The van der Waals surface area contributed by atoms with Gasteiger partial charge in [-0.3, -0.25) is 9.59 Å². The number of nitrogens with one attached hydrogen (secondary N) is 1. The van der Waals surface area contributed by atoms with E-state index in [1.807, 2.05) is 19.1 Å². The molecule has 140 valence electrons. The average Bonchev–Trinajstić information content (AvgIpc) is 2.59. The Bertz CT molecular complexity index is 510. The minimum atomic E-state index is -0.958.